The Hall–Kier alpha value is -3.09. The first kappa shape index (κ1) is 15.4. The molecule has 3 heterocycles. The lowest BCUT2D eigenvalue weighted by Gasteiger charge is -2.26. The molecule has 0 aliphatic carbocycles. The van der Waals surface area contributed by atoms with Gasteiger partial charge in [0.2, 0.25) is 5.91 Å². The van der Waals surface area contributed by atoms with Gasteiger partial charge < -0.3 is 15.6 Å². The molecule has 25 heavy (non-hydrogen) atoms. The van der Waals surface area contributed by atoms with E-state index in [9.17, 15) is 4.79 Å². The maximum atomic E-state index is 12.7. The number of imidazole rings is 1. The van der Waals surface area contributed by atoms with E-state index >= 15 is 0 Å². The molecule has 0 saturated heterocycles. The van der Waals surface area contributed by atoms with Crippen molar-refractivity contribution < 1.29 is 4.79 Å². The van der Waals surface area contributed by atoms with Gasteiger partial charge in [0.05, 0.1) is 23.6 Å². The van der Waals surface area contributed by atoms with E-state index in [0.29, 0.717) is 18.9 Å². The highest BCUT2D eigenvalue weighted by molar-refractivity contribution is 5.77. The van der Waals surface area contributed by atoms with Gasteiger partial charge in [0.15, 0.2) is 0 Å². The van der Waals surface area contributed by atoms with Gasteiger partial charge in [-0.05, 0) is 6.92 Å². The molecule has 4 rings (SSSR count). The zero-order valence-corrected chi connectivity index (χ0v) is 14.1. The average Bonchev–Trinajstić information content (AvgIpc) is 3.17. The van der Waals surface area contributed by atoms with Gasteiger partial charge in [-0.15, -0.1) is 0 Å². The third-order valence-corrected chi connectivity index (χ3v) is 4.47. The standard InChI is InChI=1S/C18H20N6O/c1-12-20-14-7-8-23(10-16(14)21-12)18(25)11-24-17(19)9-15(22-24)13-5-3-2-4-6-13/h2-6,9H,7-8,10-11,19H2,1H3,(H,20,21). The summed E-state index contributed by atoms with van der Waals surface area (Å²) in [5.41, 5.74) is 9.89. The van der Waals surface area contributed by atoms with Crippen LogP contribution in [0.4, 0.5) is 5.82 Å². The quantitative estimate of drug-likeness (QED) is 0.762. The first-order valence-corrected chi connectivity index (χ1v) is 8.31. The number of nitrogen functional groups attached to an aromatic ring is 1. The highest BCUT2D eigenvalue weighted by Gasteiger charge is 2.24. The minimum Gasteiger partial charge on any atom is -0.384 e. The van der Waals surface area contributed by atoms with Gasteiger partial charge in [-0.2, -0.15) is 5.10 Å². The molecular weight excluding hydrogens is 316 g/mol. The number of hydrogen-bond donors (Lipinski definition) is 2. The number of nitrogens with two attached hydrogens (primary N) is 1. The largest absolute Gasteiger partial charge is 0.384 e. The van der Waals surface area contributed by atoms with Crippen molar-refractivity contribution >= 4 is 11.7 Å². The SMILES string of the molecule is Cc1nc2c([nH]1)CN(C(=O)Cn1nc(-c3ccccc3)cc1N)CC2. The molecule has 1 aromatic carbocycles. The summed E-state index contributed by atoms with van der Waals surface area (Å²) < 4.78 is 1.57. The molecule has 128 valence electrons. The maximum Gasteiger partial charge on any atom is 0.244 e. The minimum atomic E-state index is 0.00677. The number of amides is 1. The van der Waals surface area contributed by atoms with Gasteiger partial charge >= 0.3 is 0 Å². The molecule has 3 aromatic rings. The second-order valence-corrected chi connectivity index (χ2v) is 6.29. The van der Waals surface area contributed by atoms with E-state index in [-0.39, 0.29) is 12.5 Å². The van der Waals surface area contributed by atoms with Crippen molar-refractivity contribution in [3.63, 3.8) is 0 Å². The lowest BCUT2D eigenvalue weighted by molar-refractivity contribution is -0.133. The van der Waals surface area contributed by atoms with Crippen LogP contribution in [-0.2, 0) is 24.3 Å². The van der Waals surface area contributed by atoms with Gasteiger partial charge in [-0.3, -0.25) is 4.79 Å². The van der Waals surface area contributed by atoms with Crippen molar-refractivity contribution in [1.29, 1.82) is 0 Å². The van der Waals surface area contributed by atoms with Crippen molar-refractivity contribution in [2.24, 2.45) is 0 Å². The number of carbonyl (C=O) groups excluding carboxylic acids is 1. The summed E-state index contributed by atoms with van der Waals surface area (Å²) in [6.45, 7) is 3.30. The number of aromatic amines is 1. The summed E-state index contributed by atoms with van der Waals surface area (Å²) in [7, 11) is 0. The minimum absolute atomic E-state index is 0.00677. The summed E-state index contributed by atoms with van der Waals surface area (Å²) in [6.07, 6.45) is 0.773. The van der Waals surface area contributed by atoms with Crippen molar-refractivity contribution in [3.8, 4) is 11.3 Å². The predicted molar refractivity (Wildman–Crippen MR) is 94.5 cm³/mol. The summed E-state index contributed by atoms with van der Waals surface area (Å²) in [6, 6.07) is 11.6. The second kappa shape index (κ2) is 6.08. The van der Waals surface area contributed by atoms with Crippen molar-refractivity contribution in [2.45, 2.75) is 26.4 Å². The second-order valence-electron chi connectivity index (χ2n) is 6.29. The number of nitrogens with zero attached hydrogens (tertiary/aromatic N) is 4. The molecule has 0 unspecified atom stereocenters. The lowest BCUT2D eigenvalue weighted by Crippen LogP contribution is -2.38. The van der Waals surface area contributed by atoms with E-state index in [2.05, 4.69) is 15.1 Å². The number of benzene rings is 1. The molecular formula is C18H20N6O. The molecule has 0 fully saturated rings. The topological polar surface area (TPSA) is 92.8 Å². The Morgan fingerprint density at radius 2 is 2.12 bits per heavy atom. The molecule has 0 bridgehead atoms. The number of hydrogen-bond acceptors (Lipinski definition) is 4. The van der Waals surface area contributed by atoms with Crippen molar-refractivity contribution in [1.82, 2.24) is 24.6 Å². The number of anilines is 1. The van der Waals surface area contributed by atoms with Crippen LogP contribution in [-0.4, -0.2) is 37.1 Å². The van der Waals surface area contributed by atoms with Crippen LogP contribution in [0.25, 0.3) is 11.3 Å². The molecule has 7 heteroatoms. The van der Waals surface area contributed by atoms with Crippen LogP contribution >= 0.6 is 0 Å². The molecule has 0 radical (unpaired) electrons. The van der Waals surface area contributed by atoms with Gasteiger partial charge in [-0.25, -0.2) is 9.67 Å². The summed E-state index contributed by atoms with van der Waals surface area (Å²) in [5, 5.41) is 4.49. The Bertz CT molecular complexity index is 911. The highest BCUT2D eigenvalue weighted by atomic mass is 16.2. The summed E-state index contributed by atoms with van der Waals surface area (Å²) >= 11 is 0. The van der Waals surface area contributed by atoms with Crippen LogP contribution in [0, 0.1) is 6.92 Å². The van der Waals surface area contributed by atoms with Crippen LogP contribution in [0.5, 0.6) is 0 Å². The molecule has 0 spiro atoms. The zero-order chi connectivity index (χ0) is 17.4. The molecule has 1 aliphatic rings. The van der Waals surface area contributed by atoms with Gasteiger partial charge in [-0.1, -0.05) is 30.3 Å². The van der Waals surface area contributed by atoms with Gasteiger partial charge in [0, 0.05) is 24.6 Å². The number of carbonyl (C=O) groups is 1. The van der Waals surface area contributed by atoms with Crippen molar-refractivity contribution in [3.05, 3.63) is 53.6 Å². The Kier molecular flexibility index (Phi) is 3.76. The molecule has 1 aliphatic heterocycles. The number of nitrogens with one attached hydrogen (secondary N) is 1. The van der Waals surface area contributed by atoms with Crippen LogP contribution in [0.2, 0.25) is 0 Å². The smallest absolute Gasteiger partial charge is 0.244 e. The maximum absolute atomic E-state index is 12.7. The first-order valence-electron chi connectivity index (χ1n) is 8.31. The number of fused-ring (bicyclic) bond motifs is 1. The van der Waals surface area contributed by atoms with E-state index in [1.54, 1.807) is 10.7 Å². The van der Waals surface area contributed by atoms with Crippen molar-refractivity contribution in [2.75, 3.05) is 12.3 Å². The number of aryl methyl sites for hydroxylation is 1. The van der Waals surface area contributed by atoms with Crippen LogP contribution in [0.3, 0.4) is 0 Å². The fourth-order valence-electron chi connectivity index (χ4n) is 3.19. The van der Waals surface area contributed by atoms with Gasteiger partial charge in [0.1, 0.15) is 18.2 Å². The van der Waals surface area contributed by atoms with Crippen LogP contribution < -0.4 is 5.73 Å². The average molecular weight is 336 g/mol. The van der Waals surface area contributed by atoms with E-state index in [0.717, 1.165) is 34.9 Å². The Labute approximate surface area is 145 Å². The predicted octanol–water partition coefficient (Wildman–Crippen LogP) is 1.75. The fourth-order valence-corrected chi connectivity index (χ4v) is 3.19. The normalized spacial score (nSPS) is 13.7. The molecule has 1 amide bonds. The van der Waals surface area contributed by atoms with Gasteiger partial charge in [0.25, 0.3) is 0 Å². The first-order chi connectivity index (χ1) is 12.1. The third kappa shape index (κ3) is 3.00. The Morgan fingerprint density at radius 3 is 2.92 bits per heavy atom. The molecule has 0 saturated carbocycles. The van der Waals surface area contributed by atoms with E-state index in [1.165, 1.54) is 0 Å². The van der Waals surface area contributed by atoms with Crippen LogP contribution in [0.15, 0.2) is 36.4 Å². The number of H-pyrrole nitrogens is 1. The monoisotopic (exact) mass is 336 g/mol. The Balaban J connectivity index is 1.49. The Morgan fingerprint density at radius 1 is 1.32 bits per heavy atom. The van der Waals surface area contributed by atoms with E-state index in [1.807, 2.05) is 42.2 Å². The van der Waals surface area contributed by atoms with E-state index in [4.69, 9.17) is 5.73 Å². The third-order valence-electron chi connectivity index (χ3n) is 4.47. The van der Waals surface area contributed by atoms with Crippen LogP contribution in [0.1, 0.15) is 17.2 Å². The summed E-state index contributed by atoms with van der Waals surface area (Å²) in [4.78, 5) is 22.2. The number of rotatable bonds is 3. The lowest BCUT2D eigenvalue weighted by atomic mass is 10.1. The fraction of sp³-hybridized carbons (Fsp3) is 0.278. The molecule has 3 N–H and O–H groups in total. The molecule has 7 nitrogen and oxygen atoms in total. The van der Waals surface area contributed by atoms with E-state index < -0.39 is 0 Å². The summed E-state index contributed by atoms with van der Waals surface area (Å²) in [5.74, 6) is 1.39. The molecule has 0 atom stereocenters. The number of aromatic nitrogens is 4. The highest BCUT2D eigenvalue weighted by Crippen LogP contribution is 2.21. The molecule has 2 aromatic heterocycles. The zero-order valence-electron chi connectivity index (χ0n) is 14.1.